The first-order chi connectivity index (χ1) is 7.05. The molecular formula is C12H23N3. The topological polar surface area (TPSA) is 50.4 Å². The minimum Gasteiger partial charge on any atom is -0.370 e. The standard InChI is InChI=1S/C12H23N3/c1-12(2)7-3-4-10(8-12)15-11(13)14-9-5-6-9/h9-10H,3-8H2,1-2H3,(H3,13,14,15). The summed E-state index contributed by atoms with van der Waals surface area (Å²) in [5.41, 5.74) is 6.34. The summed E-state index contributed by atoms with van der Waals surface area (Å²) in [6.45, 7) is 4.68. The van der Waals surface area contributed by atoms with E-state index in [1.165, 1.54) is 38.5 Å². The number of guanidine groups is 1. The largest absolute Gasteiger partial charge is 0.370 e. The lowest BCUT2D eigenvalue weighted by atomic mass is 9.75. The fourth-order valence-electron chi connectivity index (χ4n) is 2.47. The molecule has 15 heavy (non-hydrogen) atoms. The van der Waals surface area contributed by atoms with Crippen LogP contribution < -0.4 is 11.1 Å². The van der Waals surface area contributed by atoms with Gasteiger partial charge in [-0.2, -0.15) is 0 Å². The molecule has 0 aromatic carbocycles. The second-order valence-corrected chi connectivity index (χ2v) is 5.85. The lowest BCUT2D eigenvalue weighted by Crippen LogP contribution is -2.44. The van der Waals surface area contributed by atoms with Gasteiger partial charge in [-0.15, -0.1) is 0 Å². The van der Waals surface area contributed by atoms with Crippen molar-refractivity contribution >= 4 is 5.96 Å². The van der Waals surface area contributed by atoms with E-state index in [4.69, 9.17) is 5.73 Å². The molecule has 2 aliphatic rings. The van der Waals surface area contributed by atoms with Gasteiger partial charge in [0, 0.05) is 6.04 Å². The highest BCUT2D eigenvalue weighted by molar-refractivity contribution is 5.78. The molecular weight excluding hydrogens is 186 g/mol. The SMILES string of the molecule is CC1(C)CCCC(NC(N)=NC2CC2)C1. The molecule has 3 heteroatoms. The maximum absolute atomic E-state index is 5.87. The number of hydrogen-bond acceptors (Lipinski definition) is 1. The fraction of sp³-hybridized carbons (Fsp3) is 0.917. The minimum atomic E-state index is 0.468. The molecule has 1 unspecified atom stereocenters. The Labute approximate surface area is 92.5 Å². The van der Waals surface area contributed by atoms with Crippen molar-refractivity contribution in [3.05, 3.63) is 0 Å². The second-order valence-electron chi connectivity index (χ2n) is 5.85. The van der Waals surface area contributed by atoms with Crippen LogP contribution in [0, 0.1) is 5.41 Å². The Balaban J connectivity index is 1.83. The van der Waals surface area contributed by atoms with Crippen molar-refractivity contribution in [3.8, 4) is 0 Å². The molecule has 0 amide bonds. The average molecular weight is 209 g/mol. The van der Waals surface area contributed by atoms with Gasteiger partial charge in [0.2, 0.25) is 0 Å². The van der Waals surface area contributed by atoms with Crippen LogP contribution in [0.5, 0.6) is 0 Å². The van der Waals surface area contributed by atoms with Crippen LogP contribution in [0.3, 0.4) is 0 Å². The third kappa shape index (κ3) is 3.40. The maximum atomic E-state index is 5.87. The third-order valence-corrected chi connectivity index (χ3v) is 3.43. The molecule has 0 aromatic heterocycles. The van der Waals surface area contributed by atoms with Gasteiger partial charge in [0.1, 0.15) is 0 Å². The zero-order chi connectivity index (χ0) is 10.9. The van der Waals surface area contributed by atoms with Crippen LogP contribution in [0.1, 0.15) is 52.4 Å². The van der Waals surface area contributed by atoms with E-state index in [0.717, 1.165) is 0 Å². The molecule has 0 aromatic rings. The molecule has 86 valence electrons. The van der Waals surface area contributed by atoms with Crippen molar-refractivity contribution in [2.24, 2.45) is 16.1 Å². The molecule has 1 atom stereocenters. The summed E-state index contributed by atoms with van der Waals surface area (Å²) in [5, 5.41) is 3.37. The first-order valence-electron chi connectivity index (χ1n) is 6.15. The highest BCUT2D eigenvalue weighted by Gasteiger charge is 2.28. The highest BCUT2D eigenvalue weighted by Crippen LogP contribution is 2.35. The number of rotatable bonds is 2. The molecule has 0 saturated heterocycles. The van der Waals surface area contributed by atoms with Gasteiger partial charge < -0.3 is 11.1 Å². The van der Waals surface area contributed by atoms with E-state index in [-0.39, 0.29) is 0 Å². The molecule has 0 heterocycles. The fourth-order valence-corrected chi connectivity index (χ4v) is 2.47. The van der Waals surface area contributed by atoms with Gasteiger partial charge in [-0.1, -0.05) is 20.3 Å². The van der Waals surface area contributed by atoms with Crippen molar-refractivity contribution in [2.45, 2.75) is 64.5 Å². The van der Waals surface area contributed by atoms with Gasteiger partial charge in [-0.25, -0.2) is 0 Å². The molecule has 0 radical (unpaired) electrons. The van der Waals surface area contributed by atoms with Gasteiger partial charge in [0.25, 0.3) is 0 Å². The second kappa shape index (κ2) is 4.03. The monoisotopic (exact) mass is 209 g/mol. The lowest BCUT2D eigenvalue weighted by Gasteiger charge is -2.35. The Kier molecular flexibility index (Phi) is 2.89. The van der Waals surface area contributed by atoms with E-state index >= 15 is 0 Å². The van der Waals surface area contributed by atoms with Crippen molar-refractivity contribution in [1.29, 1.82) is 0 Å². The summed E-state index contributed by atoms with van der Waals surface area (Å²) in [5.74, 6) is 0.667. The zero-order valence-electron chi connectivity index (χ0n) is 9.92. The summed E-state index contributed by atoms with van der Waals surface area (Å²) in [7, 11) is 0. The zero-order valence-corrected chi connectivity index (χ0v) is 9.92. The lowest BCUT2D eigenvalue weighted by molar-refractivity contribution is 0.210. The molecule has 2 aliphatic carbocycles. The van der Waals surface area contributed by atoms with Crippen LogP contribution in [-0.2, 0) is 0 Å². The summed E-state index contributed by atoms with van der Waals surface area (Å²) in [6, 6.07) is 1.06. The minimum absolute atomic E-state index is 0.468. The van der Waals surface area contributed by atoms with Crippen LogP contribution in [-0.4, -0.2) is 18.0 Å². The van der Waals surface area contributed by atoms with E-state index in [2.05, 4.69) is 24.2 Å². The van der Waals surface area contributed by atoms with Crippen molar-refractivity contribution < 1.29 is 0 Å². The van der Waals surface area contributed by atoms with Crippen molar-refractivity contribution in [3.63, 3.8) is 0 Å². The van der Waals surface area contributed by atoms with Gasteiger partial charge >= 0.3 is 0 Å². The van der Waals surface area contributed by atoms with Gasteiger partial charge in [0.15, 0.2) is 5.96 Å². The Hall–Kier alpha value is -0.730. The van der Waals surface area contributed by atoms with Gasteiger partial charge in [-0.3, -0.25) is 4.99 Å². The molecule has 0 aliphatic heterocycles. The Morgan fingerprint density at radius 2 is 2.07 bits per heavy atom. The molecule has 0 spiro atoms. The summed E-state index contributed by atoms with van der Waals surface area (Å²) < 4.78 is 0. The number of nitrogens with zero attached hydrogens (tertiary/aromatic N) is 1. The molecule has 3 N–H and O–H groups in total. The Morgan fingerprint density at radius 1 is 1.33 bits per heavy atom. The van der Waals surface area contributed by atoms with Crippen LogP contribution >= 0.6 is 0 Å². The van der Waals surface area contributed by atoms with E-state index in [1.54, 1.807) is 0 Å². The van der Waals surface area contributed by atoms with Crippen LogP contribution in [0.2, 0.25) is 0 Å². The average Bonchev–Trinajstić information content (AvgIpc) is 2.85. The van der Waals surface area contributed by atoms with E-state index in [0.29, 0.717) is 23.5 Å². The normalized spacial score (nSPS) is 31.3. The number of hydrogen-bond donors (Lipinski definition) is 2. The van der Waals surface area contributed by atoms with Crippen LogP contribution in [0.4, 0.5) is 0 Å². The molecule has 3 nitrogen and oxygen atoms in total. The quantitative estimate of drug-likeness (QED) is 0.540. The van der Waals surface area contributed by atoms with Gasteiger partial charge in [-0.05, 0) is 37.5 Å². The first kappa shape index (κ1) is 10.8. The Morgan fingerprint density at radius 3 is 2.67 bits per heavy atom. The molecule has 2 fully saturated rings. The Bertz CT molecular complexity index is 254. The summed E-state index contributed by atoms with van der Waals surface area (Å²) in [4.78, 5) is 4.41. The summed E-state index contributed by atoms with van der Waals surface area (Å²) in [6.07, 6.45) is 7.54. The number of nitrogens with one attached hydrogen (secondary N) is 1. The predicted octanol–water partition coefficient (Wildman–Crippen LogP) is 2.02. The molecule has 0 bridgehead atoms. The maximum Gasteiger partial charge on any atom is 0.189 e. The number of nitrogens with two attached hydrogens (primary N) is 1. The summed E-state index contributed by atoms with van der Waals surface area (Å²) >= 11 is 0. The number of aliphatic imine (C=N–C) groups is 1. The van der Waals surface area contributed by atoms with Crippen LogP contribution in [0.15, 0.2) is 4.99 Å². The van der Waals surface area contributed by atoms with E-state index in [9.17, 15) is 0 Å². The van der Waals surface area contributed by atoms with E-state index < -0.39 is 0 Å². The smallest absolute Gasteiger partial charge is 0.189 e. The highest BCUT2D eigenvalue weighted by atomic mass is 15.1. The van der Waals surface area contributed by atoms with Crippen molar-refractivity contribution in [1.82, 2.24) is 5.32 Å². The molecule has 2 saturated carbocycles. The predicted molar refractivity (Wildman–Crippen MR) is 63.8 cm³/mol. The van der Waals surface area contributed by atoms with Crippen molar-refractivity contribution in [2.75, 3.05) is 0 Å². The third-order valence-electron chi connectivity index (χ3n) is 3.43. The first-order valence-corrected chi connectivity index (χ1v) is 6.15. The van der Waals surface area contributed by atoms with Crippen LogP contribution in [0.25, 0.3) is 0 Å². The van der Waals surface area contributed by atoms with E-state index in [1.807, 2.05) is 0 Å². The van der Waals surface area contributed by atoms with Gasteiger partial charge in [0.05, 0.1) is 6.04 Å². The molecule has 2 rings (SSSR count).